The fourth-order valence-corrected chi connectivity index (χ4v) is 4.21. The Bertz CT molecular complexity index is 1310. The Labute approximate surface area is 395 Å². The molecule has 0 saturated carbocycles. The van der Waals surface area contributed by atoms with Crippen LogP contribution in [0.4, 0.5) is 14.9 Å². The molecule has 1 amide bonds. The smallest absolute Gasteiger partial charge is 0.415 e. The van der Waals surface area contributed by atoms with Gasteiger partial charge in [-0.15, -0.1) is 7.29 Å². The number of hydrogen-bond acceptors (Lipinski definition) is 7. The summed E-state index contributed by atoms with van der Waals surface area (Å²) in [6, 6.07) is 16.4. The van der Waals surface area contributed by atoms with Gasteiger partial charge in [-0.2, -0.15) is 6.61 Å². The molecule has 42 heavy (non-hydrogen) atoms. The Morgan fingerprint density at radius 3 is 2.24 bits per heavy atom. The zero-order valence-electron chi connectivity index (χ0n) is 23.3. The molecule has 2 aliphatic rings. The van der Waals surface area contributed by atoms with Crippen LogP contribution in [0.25, 0.3) is 0 Å². The van der Waals surface area contributed by atoms with E-state index in [9.17, 15) is 19.3 Å². The number of nitro groups is 1. The van der Waals surface area contributed by atoms with Crippen molar-refractivity contribution in [2.45, 2.75) is 12.3 Å². The molecule has 2 atom stereocenters. The van der Waals surface area contributed by atoms with Gasteiger partial charge in [0.05, 0.1) is 10.7 Å². The maximum Gasteiger partial charge on any atom is 0.415 e. The van der Waals surface area contributed by atoms with Crippen molar-refractivity contribution in [2.24, 2.45) is 5.92 Å². The predicted octanol–water partition coefficient (Wildman–Crippen LogP) is 5.45. The molecule has 0 N–H and O–H groups in total. The normalized spacial score (nSPS) is 16.7. The number of piperidine rings is 1. The third kappa shape index (κ3) is 12.7. The first-order valence-corrected chi connectivity index (χ1v) is 11.2. The number of hydrogen-bond donors (Lipinski definition) is 0. The topological polar surface area (TPSA) is 100 Å². The largest absolute Gasteiger partial charge is 0.662 e. The number of non-ortho nitro benzene ring substituents is 1. The number of nitrogens with zero attached hydrogens (tertiary/aromatic N) is 2. The molecule has 1 fully saturated rings. The summed E-state index contributed by atoms with van der Waals surface area (Å²) in [4.78, 5) is 24.7. The number of likely N-dealkylation sites (tertiary alicyclic amines) is 1. The first-order chi connectivity index (χ1) is 17.9. The Kier molecular flexibility index (Phi) is 24.0. The summed E-state index contributed by atoms with van der Waals surface area (Å²) >= 11 is 0. The van der Waals surface area contributed by atoms with Gasteiger partial charge in [0.1, 0.15) is 23.1 Å². The second-order valence-corrected chi connectivity index (χ2v) is 8.33. The third-order valence-electron chi connectivity index (χ3n) is 6.06. The van der Waals surface area contributed by atoms with E-state index in [1.807, 2.05) is 0 Å². The van der Waals surface area contributed by atoms with Crippen LogP contribution in [0.3, 0.4) is 0 Å². The molecule has 2 heterocycles. The summed E-state index contributed by atoms with van der Waals surface area (Å²) < 4.78 is 42.7. The molecule has 3 aromatic rings. The second-order valence-electron chi connectivity index (χ2n) is 8.33. The van der Waals surface area contributed by atoms with Crippen LogP contribution in [0.2, 0.25) is 0 Å². The Morgan fingerprint density at radius 2 is 1.60 bits per heavy atom. The second kappa shape index (κ2) is 22.8. The quantitative estimate of drug-likeness (QED) is 0.184. The molecule has 16 heteroatoms. The number of fused-ring (bicyclic) bond motifs is 1. The van der Waals surface area contributed by atoms with Gasteiger partial charge in [0.2, 0.25) is 0 Å². The molecule has 0 bridgehead atoms. The summed E-state index contributed by atoms with van der Waals surface area (Å²) in [5.74, 6) is 0.774. The van der Waals surface area contributed by atoms with Gasteiger partial charge in [-0.05, 0) is 54.3 Å². The molecule has 9 nitrogen and oxygen atoms in total. The van der Waals surface area contributed by atoms with E-state index in [1.54, 1.807) is 36.9 Å². The summed E-state index contributed by atoms with van der Waals surface area (Å²) in [7, 11) is 0. The van der Waals surface area contributed by atoms with Crippen LogP contribution in [0, 0.1) is 35.2 Å². The van der Waals surface area contributed by atoms with Crippen molar-refractivity contribution < 1.29 is 231 Å². The van der Waals surface area contributed by atoms with Gasteiger partial charge >= 0.3 is 6.09 Å². The standard InChI is InChI=1S/C26H21FN2O7.6Y/c27-19-3-1-17(2-4-19)23-11-12-28(26(30)36-21-7-5-20(6-8-21)29(31)32)14-18(23)15-33-22-9-10-24-25(13-22)35-16-34-24;;;;;;/h1-10,13,15-16,18,23H,11-12,14H2;;;;;;/q-2;;;;;;/t18-,23-;;;;;;/m0....../s1/i16D;;;;;;. The van der Waals surface area contributed by atoms with Crippen molar-refractivity contribution in [1.29, 1.82) is 0 Å². The van der Waals surface area contributed by atoms with Crippen LogP contribution >= 0.6 is 0 Å². The number of benzene rings is 3. The van der Waals surface area contributed by atoms with Gasteiger partial charge in [0, 0.05) is 234 Å². The van der Waals surface area contributed by atoms with Crippen molar-refractivity contribution in [2.75, 3.05) is 13.1 Å². The molecule has 0 spiro atoms. The van der Waals surface area contributed by atoms with Gasteiger partial charge in [0.15, 0.2) is 0 Å². The van der Waals surface area contributed by atoms with E-state index in [0.717, 1.165) is 5.56 Å². The van der Waals surface area contributed by atoms with Crippen LogP contribution in [-0.2, 0) is 196 Å². The van der Waals surface area contributed by atoms with Gasteiger partial charge in [-0.25, -0.2) is 9.18 Å². The van der Waals surface area contributed by atoms with Crippen molar-refractivity contribution in [3.63, 3.8) is 0 Å². The Hall–Kier alpha value is 2.28. The van der Waals surface area contributed by atoms with Crippen LogP contribution in [0.5, 0.6) is 23.0 Å². The van der Waals surface area contributed by atoms with Crippen molar-refractivity contribution >= 4 is 11.8 Å². The van der Waals surface area contributed by atoms with Gasteiger partial charge in [0.25, 0.3) is 5.69 Å². The average molecular weight is 1030 g/mol. The number of carbonyl (C=O) groups is 1. The van der Waals surface area contributed by atoms with Gasteiger partial charge in [-0.1, -0.05) is 12.1 Å². The molecule has 0 unspecified atom stereocenters. The van der Waals surface area contributed by atoms with Gasteiger partial charge < -0.3 is 23.8 Å². The minimum atomic E-state index is -0.591. The van der Waals surface area contributed by atoms with Gasteiger partial charge in [-0.3, -0.25) is 10.1 Å². The van der Waals surface area contributed by atoms with Crippen LogP contribution < -0.4 is 18.9 Å². The molecule has 3 aromatic carbocycles. The summed E-state index contributed by atoms with van der Waals surface area (Å²) in [6.45, 7) is 1.97. The molecule has 5 rings (SSSR count). The summed E-state index contributed by atoms with van der Waals surface area (Å²) in [5, 5.41) is 10.8. The fourth-order valence-electron chi connectivity index (χ4n) is 4.21. The third-order valence-corrected chi connectivity index (χ3v) is 6.06. The summed E-state index contributed by atoms with van der Waals surface area (Å²) in [5.41, 5.74) is 0.806. The average Bonchev–Trinajstić information content (AvgIpc) is 3.27. The Balaban J connectivity index is 0. The molecule has 0 aliphatic carbocycles. The van der Waals surface area contributed by atoms with E-state index in [2.05, 4.69) is 0 Å². The van der Waals surface area contributed by atoms with Crippen LogP contribution in [-0.4, -0.2) is 29.0 Å². The molecule has 6 radical (unpaired) electrons. The zero-order valence-corrected chi connectivity index (χ0v) is 39.3. The number of carbonyl (C=O) groups excluding carboxylic acids is 1. The molecular formula is C26H21FN2O7Y6-2. The van der Waals surface area contributed by atoms with E-state index in [-0.39, 0.29) is 239 Å². The van der Waals surface area contributed by atoms with Crippen LogP contribution in [0.1, 0.15) is 19.3 Å². The van der Waals surface area contributed by atoms with Crippen LogP contribution in [0.15, 0.2) is 66.7 Å². The van der Waals surface area contributed by atoms with E-state index in [4.69, 9.17) is 20.3 Å². The minimum absolute atomic E-state index is 0. The maximum atomic E-state index is 13.5. The monoisotopic (exact) mass is 1030 g/mol. The van der Waals surface area contributed by atoms with E-state index in [0.29, 0.717) is 30.2 Å². The molecule has 0 aromatic heterocycles. The number of halogens is 1. The maximum absolute atomic E-state index is 13.5. The number of rotatable bonds is 6. The number of amides is 1. The molecular weight excluding hydrogens is 1000 g/mol. The SMILES string of the molecule is [2H][C-]1Oc2ccc(O[CH-][C@@H]3CN(C(=O)Oc4ccc([N+](=O)[O-])cc4)CC[C@H]3c3ccc(F)cc3)cc2O1.[Y].[Y].[Y].[Y].[Y].[Y]. The number of nitro benzene ring substituents is 1. The predicted molar refractivity (Wildman–Crippen MR) is 125 cm³/mol. The first kappa shape index (κ1) is 44.3. The number of ether oxygens (including phenoxy) is 4. The zero-order chi connectivity index (χ0) is 25.9. The minimum Gasteiger partial charge on any atom is -0.662 e. The van der Waals surface area contributed by atoms with Crippen molar-refractivity contribution in [1.82, 2.24) is 4.90 Å². The van der Waals surface area contributed by atoms with E-state index < -0.39 is 11.0 Å². The van der Waals surface area contributed by atoms with E-state index >= 15 is 0 Å². The van der Waals surface area contributed by atoms with E-state index in [1.165, 1.54) is 41.3 Å². The fraction of sp³-hybridized carbons (Fsp3) is 0.192. The Morgan fingerprint density at radius 1 is 0.976 bits per heavy atom. The molecule has 2 aliphatic heterocycles. The molecule has 204 valence electrons. The van der Waals surface area contributed by atoms with Crippen molar-refractivity contribution in [3.05, 3.63) is 102 Å². The van der Waals surface area contributed by atoms with Crippen molar-refractivity contribution in [3.8, 4) is 23.0 Å². The molecule has 1 saturated heterocycles. The summed E-state index contributed by atoms with van der Waals surface area (Å²) in [6.07, 6.45) is -0.0181. The first-order valence-electron chi connectivity index (χ1n) is 11.7.